The SMILES string of the molecule is CCOC(=O)c1c(N)nc(-c2cccc(C#N)c2)nc1OC(C)CN. The van der Waals surface area contributed by atoms with Crippen molar-refractivity contribution in [3.63, 3.8) is 0 Å². The van der Waals surface area contributed by atoms with Gasteiger partial charge in [-0.15, -0.1) is 0 Å². The van der Waals surface area contributed by atoms with Gasteiger partial charge < -0.3 is 20.9 Å². The molecule has 0 spiro atoms. The fraction of sp³-hybridized carbons (Fsp3) is 0.294. The third-order valence-electron chi connectivity index (χ3n) is 3.28. The minimum atomic E-state index is -0.670. The van der Waals surface area contributed by atoms with Crippen molar-refractivity contribution in [1.82, 2.24) is 9.97 Å². The summed E-state index contributed by atoms with van der Waals surface area (Å²) in [6.07, 6.45) is -0.388. The molecule has 2 rings (SSSR count). The molecule has 1 atom stereocenters. The lowest BCUT2D eigenvalue weighted by Crippen LogP contribution is -2.25. The Morgan fingerprint density at radius 2 is 2.16 bits per heavy atom. The van der Waals surface area contributed by atoms with Crippen LogP contribution in [0, 0.1) is 11.3 Å². The molecule has 0 fully saturated rings. The van der Waals surface area contributed by atoms with Gasteiger partial charge in [0, 0.05) is 12.1 Å². The predicted molar refractivity (Wildman–Crippen MR) is 91.7 cm³/mol. The monoisotopic (exact) mass is 341 g/mol. The second kappa shape index (κ2) is 8.08. The number of rotatable bonds is 6. The van der Waals surface area contributed by atoms with Crippen molar-refractivity contribution >= 4 is 11.8 Å². The van der Waals surface area contributed by atoms with E-state index in [1.807, 2.05) is 6.07 Å². The zero-order valence-electron chi connectivity index (χ0n) is 14.0. The van der Waals surface area contributed by atoms with Gasteiger partial charge in [0.15, 0.2) is 11.4 Å². The lowest BCUT2D eigenvalue weighted by atomic mass is 10.1. The molecule has 0 saturated carbocycles. The number of anilines is 1. The molecule has 0 bridgehead atoms. The molecule has 130 valence electrons. The molecule has 1 unspecified atom stereocenters. The molecule has 4 N–H and O–H groups in total. The van der Waals surface area contributed by atoms with Crippen molar-refractivity contribution < 1.29 is 14.3 Å². The first-order chi connectivity index (χ1) is 12.0. The molecule has 0 aliphatic carbocycles. The third-order valence-corrected chi connectivity index (χ3v) is 3.28. The number of nitriles is 1. The molecule has 2 aromatic rings. The second-order valence-electron chi connectivity index (χ2n) is 5.19. The van der Waals surface area contributed by atoms with E-state index in [0.717, 1.165) is 0 Å². The predicted octanol–water partition coefficient (Wildman–Crippen LogP) is 1.50. The minimum absolute atomic E-state index is 0.00117. The first kappa shape index (κ1) is 18.2. The molecule has 0 amide bonds. The largest absolute Gasteiger partial charge is 0.473 e. The Kier molecular flexibility index (Phi) is 5.87. The molecule has 1 aromatic carbocycles. The van der Waals surface area contributed by atoms with Crippen molar-refractivity contribution in [1.29, 1.82) is 5.26 Å². The normalized spacial score (nSPS) is 11.4. The minimum Gasteiger partial charge on any atom is -0.473 e. The quantitative estimate of drug-likeness (QED) is 0.754. The van der Waals surface area contributed by atoms with E-state index in [9.17, 15) is 4.79 Å². The van der Waals surface area contributed by atoms with Crippen molar-refractivity contribution in [2.45, 2.75) is 20.0 Å². The summed E-state index contributed by atoms with van der Waals surface area (Å²) < 4.78 is 10.6. The van der Waals surface area contributed by atoms with Gasteiger partial charge in [-0.2, -0.15) is 10.2 Å². The van der Waals surface area contributed by atoms with Crippen LogP contribution < -0.4 is 16.2 Å². The smallest absolute Gasteiger partial charge is 0.347 e. The lowest BCUT2D eigenvalue weighted by Gasteiger charge is -2.16. The summed E-state index contributed by atoms with van der Waals surface area (Å²) in [6, 6.07) is 8.76. The summed E-state index contributed by atoms with van der Waals surface area (Å²) >= 11 is 0. The van der Waals surface area contributed by atoms with Gasteiger partial charge in [0.2, 0.25) is 5.88 Å². The van der Waals surface area contributed by atoms with Crippen LogP contribution in [0.25, 0.3) is 11.4 Å². The molecule has 0 aliphatic heterocycles. The van der Waals surface area contributed by atoms with Crippen molar-refractivity contribution in [3.05, 3.63) is 35.4 Å². The maximum Gasteiger partial charge on any atom is 0.347 e. The van der Waals surface area contributed by atoms with Gasteiger partial charge in [0.1, 0.15) is 11.9 Å². The Morgan fingerprint density at radius 1 is 1.40 bits per heavy atom. The highest BCUT2D eigenvalue weighted by molar-refractivity contribution is 5.97. The Hall–Kier alpha value is -3.18. The fourth-order valence-electron chi connectivity index (χ4n) is 2.03. The Balaban J connectivity index is 2.57. The molecule has 1 aromatic heterocycles. The fourth-order valence-corrected chi connectivity index (χ4v) is 2.03. The Labute approximate surface area is 145 Å². The maximum atomic E-state index is 12.2. The van der Waals surface area contributed by atoms with E-state index in [1.54, 1.807) is 38.1 Å². The number of aromatic nitrogens is 2. The van der Waals surface area contributed by atoms with Gasteiger partial charge in [0.05, 0.1) is 18.2 Å². The average Bonchev–Trinajstić information content (AvgIpc) is 2.61. The van der Waals surface area contributed by atoms with Crippen LogP contribution in [0.2, 0.25) is 0 Å². The van der Waals surface area contributed by atoms with Crippen molar-refractivity contribution in [2.24, 2.45) is 5.73 Å². The second-order valence-corrected chi connectivity index (χ2v) is 5.19. The first-order valence-electron chi connectivity index (χ1n) is 7.72. The van der Waals surface area contributed by atoms with E-state index < -0.39 is 5.97 Å². The van der Waals surface area contributed by atoms with E-state index in [1.165, 1.54) is 0 Å². The molecular formula is C17H19N5O3. The van der Waals surface area contributed by atoms with E-state index in [4.69, 9.17) is 26.2 Å². The molecule has 0 aliphatic rings. The van der Waals surface area contributed by atoms with E-state index >= 15 is 0 Å². The number of carbonyl (C=O) groups is 1. The van der Waals surface area contributed by atoms with Gasteiger partial charge in [0.25, 0.3) is 0 Å². The number of hydrogen-bond donors (Lipinski definition) is 2. The van der Waals surface area contributed by atoms with Crippen LogP contribution in [0.15, 0.2) is 24.3 Å². The number of ether oxygens (including phenoxy) is 2. The number of esters is 1. The Morgan fingerprint density at radius 3 is 2.80 bits per heavy atom. The zero-order chi connectivity index (χ0) is 18.4. The van der Waals surface area contributed by atoms with Crippen LogP contribution in [-0.4, -0.2) is 35.2 Å². The number of nitrogen functional groups attached to an aromatic ring is 1. The van der Waals surface area contributed by atoms with E-state index in [0.29, 0.717) is 11.1 Å². The molecule has 8 nitrogen and oxygen atoms in total. The van der Waals surface area contributed by atoms with Gasteiger partial charge in [-0.25, -0.2) is 9.78 Å². The summed E-state index contributed by atoms with van der Waals surface area (Å²) in [6.45, 7) is 3.82. The maximum absolute atomic E-state index is 12.2. The third kappa shape index (κ3) is 4.22. The van der Waals surface area contributed by atoms with Gasteiger partial charge in [-0.3, -0.25) is 0 Å². The number of benzene rings is 1. The lowest BCUT2D eigenvalue weighted by molar-refractivity contribution is 0.0519. The van der Waals surface area contributed by atoms with Crippen LogP contribution in [0.3, 0.4) is 0 Å². The van der Waals surface area contributed by atoms with Crippen molar-refractivity contribution in [3.8, 4) is 23.3 Å². The topological polar surface area (TPSA) is 137 Å². The summed E-state index contributed by atoms with van der Waals surface area (Å²) in [5, 5.41) is 9.03. The highest BCUT2D eigenvalue weighted by atomic mass is 16.5. The number of carbonyl (C=O) groups excluding carboxylic acids is 1. The molecule has 25 heavy (non-hydrogen) atoms. The molecule has 8 heteroatoms. The van der Waals surface area contributed by atoms with Gasteiger partial charge >= 0.3 is 5.97 Å². The van der Waals surface area contributed by atoms with E-state index in [-0.39, 0.29) is 42.3 Å². The Bertz CT molecular complexity index is 816. The molecule has 0 saturated heterocycles. The standard InChI is InChI=1S/C17H19N5O3/c1-3-24-17(23)13-14(20)21-15(22-16(13)25-10(2)8-18)12-6-4-5-11(7-12)9-19/h4-7,10H,3,8,18H2,1-2H3,(H2,20,21,22). The highest BCUT2D eigenvalue weighted by Gasteiger charge is 2.24. The summed E-state index contributed by atoms with van der Waals surface area (Å²) in [7, 11) is 0. The number of nitrogens with two attached hydrogens (primary N) is 2. The summed E-state index contributed by atoms with van der Waals surface area (Å²) in [5.41, 5.74) is 12.5. The number of nitrogens with zero attached hydrogens (tertiary/aromatic N) is 3. The molecule has 1 heterocycles. The average molecular weight is 341 g/mol. The molecular weight excluding hydrogens is 322 g/mol. The zero-order valence-corrected chi connectivity index (χ0v) is 14.0. The van der Waals surface area contributed by atoms with Crippen LogP contribution in [0.5, 0.6) is 5.88 Å². The van der Waals surface area contributed by atoms with Crippen molar-refractivity contribution in [2.75, 3.05) is 18.9 Å². The van der Waals surface area contributed by atoms with Crippen LogP contribution in [0.1, 0.15) is 29.8 Å². The highest BCUT2D eigenvalue weighted by Crippen LogP contribution is 2.27. The first-order valence-corrected chi connectivity index (χ1v) is 7.72. The number of hydrogen-bond acceptors (Lipinski definition) is 8. The summed E-state index contributed by atoms with van der Waals surface area (Å²) in [5.74, 6) is -0.496. The van der Waals surface area contributed by atoms with Crippen LogP contribution >= 0.6 is 0 Å². The van der Waals surface area contributed by atoms with Crippen LogP contribution in [-0.2, 0) is 4.74 Å². The van der Waals surface area contributed by atoms with Gasteiger partial charge in [-0.05, 0) is 26.0 Å². The summed E-state index contributed by atoms with van der Waals surface area (Å²) in [4.78, 5) is 20.6. The molecule has 0 radical (unpaired) electrons. The van der Waals surface area contributed by atoms with Gasteiger partial charge in [-0.1, -0.05) is 12.1 Å². The van der Waals surface area contributed by atoms with E-state index in [2.05, 4.69) is 9.97 Å². The van der Waals surface area contributed by atoms with Crippen LogP contribution in [0.4, 0.5) is 5.82 Å².